The van der Waals surface area contributed by atoms with E-state index in [1.54, 1.807) is 18.2 Å². The highest BCUT2D eigenvalue weighted by atomic mass is 19.4. The Morgan fingerprint density at radius 1 is 0.929 bits per heavy atom. The second-order valence-electron chi connectivity index (χ2n) is 7.65. The van der Waals surface area contributed by atoms with Crippen molar-refractivity contribution in [3.8, 4) is 5.75 Å². The van der Waals surface area contributed by atoms with Crippen molar-refractivity contribution in [1.82, 2.24) is 9.80 Å². The summed E-state index contributed by atoms with van der Waals surface area (Å²) in [5.74, 6) is -0.103. The molecule has 2 saturated heterocycles. The first-order valence-corrected chi connectivity index (χ1v) is 9.86. The monoisotopic (exact) mass is 390 g/mol. The molecule has 2 aliphatic heterocycles. The van der Waals surface area contributed by atoms with E-state index in [1.807, 2.05) is 18.2 Å². The maximum absolute atomic E-state index is 12.8. The molecular formula is C22H25F3N2O. The quantitative estimate of drug-likeness (QED) is 0.691. The van der Waals surface area contributed by atoms with Gasteiger partial charge in [-0.25, -0.2) is 0 Å². The van der Waals surface area contributed by atoms with Crippen LogP contribution in [0.2, 0.25) is 0 Å². The number of ether oxygens (including phenoxy) is 1. The molecule has 0 N–H and O–H groups in total. The minimum atomic E-state index is -4.68. The normalized spacial score (nSPS) is 23.5. The lowest BCUT2D eigenvalue weighted by molar-refractivity contribution is -0.275. The first-order chi connectivity index (χ1) is 13.5. The Morgan fingerprint density at radius 2 is 1.61 bits per heavy atom. The summed E-state index contributed by atoms with van der Waals surface area (Å²) in [5.41, 5.74) is 1.79. The minimum Gasteiger partial charge on any atom is -0.405 e. The van der Waals surface area contributed by atoms with Crippen LogP contribution in [0.3, 0.4) is 0 Å². The molecule has 6 heteroatoms. The van der Waals surface area contributed by atoms with Gasteiger partial charge in [-0.3, -0.25) is 4.90 Å². The van der Waals surface area contributed by atoms with Gasteiger partial charge in [0.05, 0.1) is 0 Å². The summed E-state index contributed by atoms with van der Waals surface area (Å²) in [6, 6.07) is 17.3. The van der Waals surface area contributed by atoms with Crippen molar-refractivity contribution in [1.29, 1.82) is 0 Å². The van der Waals surface area contributed by atoms with E-state index in [9.17, 15) is 13.2 Å². The lowest BCUT2D eigenvalue weighted by Crippen LogP contribution is -2.54. The third-order valence-electron chi connectivity index (χ3n) is 5.77. The largest absolute Gasteiger partial charge is 0.573 e. The maximum atomic E-state index is 12.8. The number of hydrogen-bond acceptors (Lipinski definition) is 3. The van der Waals surface area contributed by atoms with Crippen molar-refractivity contribution < 1.29 is 17.9 Å². The van der Waals surface area contributed by atoms with Gasteiger partial charge in [0.25, 0.3) is 0 Å². The lowest BCUT2D eigenvalue weighted by Gasteiger charge is -2.50. The van der Waals surface area contributed by atoms with E-state index in [2.05, 4.69) is 26.7 Å². The third-order valence-corrected chi connectivity index (χ3v) is 5.77. The van der Waals surface area contributed by atoms with Crippen molar-refractivity contribution in [2.24, 2.45) is 0 Å². The zero-order chi connectivity index (χ0) is 19.6. The van der Waals surface area contributed by atoms with Gasteiger partial charge in [-0.1, -0.05) is 48.5 Å². The molecule has 0 amide bonds. The van der Waals surface area contributed by atoms with E-state index in [-0.39, 0.29) is 11.8 Å². The number of likely N-dealkylation sites (tertiary alicyclic amines) is 2. The van der Waals surface area contributed by atoms with Gasteiger partial charge < -0.3 is 9.64 Å². The second kappa shape index (κ2) is 8.13. The number of rotatable bonds is 6. The summed E-state index contributed by atoms with van der Waals surface area (Å²) < 4.78 is 42.7. The number of nitrogens with zero attached hydrogens (tertiary/aromatic N) is 2. The highest BCUT2D eigenvalue weighted by Gasteiger charge is 2.41. The number of hydrogen-bond donors (Lipinski definition) is 0. The molecule has 3 nitrogen and oxygen atoms in total. The molecule has 2 aliphatic rings. The summed E-state index contributed by atoms with van der Waals surface area (Å²) >= 11 is 0. The minimum absolute atomic E-state index is 0.103. The number of para-hydroxylation sites is 1. The molecule has 2 aromatic carbocycles. The van der Waals surface area contributed by atoms with E-state index in [0.29, 0.717) is 18.2 Å². The number of halogens is 3. The summed E-state index contributed by atoms with van der Waals surface area (Å²) in [4.78, 5) is 4.79. The Labute approximate surface area is 163 Å². The molecule has 4 rings (SSSR count). The van der Waals surface area contributed by atoms with Crippen LogP contribution in [-0.4, -0.2) is 41.8 Å². The van der Waals surface area contributed by atoms with Crippen LogP contribution >= 0.6 is 0 Å². The predicted molar refractivity (Wildman–Crippen MR) is 102 cm³/mol. The molecule has 150 valence electrons. The first-order valence-electron chi connectivity index (χ1n) is 9.86. The molecule has 28 heavy (non-hydrogen) atoms. The molecule has 0 saturated carbocycles. The van der Waals surface area contributed by atoms with Crippen LogP contribution in [-0.2, 0) is 6.54 Å². The van der Waals surface area contributed by atoms with Gasteiger partial charge in [0.15, 0.2) is 0 Å². The Hall–Kier alpha value is -2.05. The van der Waals surface area contributed by atoms with Gasteiger partial charge in [-0.15, -0.1) is 13.2 Å². The summed E-state index contributed by atoms with van der Waals surface area (Å²) in [6.45, 7) is 3.66. The van der Waals surface area contributed by atoms with E-state index < -0.39 is 6.36 Å². The topological polar surface area (TPSA) is 15.7 Å². The second-order valence-corrected chi connectivity index (χ2v) is 7.65. The van der Waals surface area contributed by atoms with Gasteiger partial charge in [-0.05, 0) is 44.0 Å². The van der Waals surface area contributed by atoms with E-state index in [0.717, 1.165) is 26.1 Å². The summed E-state index contributed by atoms with van der Waals surface area (Å²) in [7, 11) is 0. The highest BCUT2D eigenvalue weighted by molar-refractivity contribution is 5.34. The zero-order valence-electron chi connectivity index (χ0n) is 15.7. The third kappa shape index (κ3) is 4.50. The molecular weight excluding hydrogens is 365 g/mol. The van der Waals surface area contributed by atoms with Gasteiger partial charge in [-0.2, -0.15) is 0 Å². The fourth-order valence-electron chi connectivity index (χ4n) is 4.39. The highest BCUT2D eigenvalue weighted by Crippen LogP contribution is 2.41. The molecule has 2 fully saturated rings. The van der Waals surface area contributed by atoms with Crippen molar-refractivity contribution in [2.45, 2.75) is 44.3 Å². The lowest BCUT2D eigenvalue weighted by atomic mass is 9.86. The Kier molecular flexibility index (Phi) is 5.60. The molecule has 2 heterocycles. The van der Waals surface area contributed by atoms with E-state index >= 15 is 0 Å². The number of benzene rings is 2. The van der Waals surface area contributed by atoms with Crippen LogP contribution < -0.4 is 4.74 Å². The fourth-order valence-corrected chi connectivity index (χ4v) is 4.39. The maximum Gasteiger partial charge on any atom is 0.573 e. The van der Waals surface area contributed by atoms with Gasteiger partial charge in [0, 0.05) is 30.7 Å². The van der Waals surface area contributed by atoms with Crippen LogP contribution in [0.15, 0.2) is 54.6 Å². The van der Waals surface area contributed by atoms with Crippen LogP contribution in [0.5, 0.6) is 5.75 Å². The number of alkyl halides is 3. The Balaban J connectivity index is 1.54. The molecule has 2 aromatic rings. The summed E-state index contributed by atoms with van der Waals surface area (Å²) in [5, 5.41) is 0. The van der Waals surface area contributed by atoms with Crippen LogP contribution in [0, 0.1) is 0 Å². The molecule has 0 bridgehead atoms. The smallest absolute Gasteiger partial charge is 0.405 e. The van der Waals surface area contributed by atoms with Crippen molar-refractivity contribution in [2.75, 3.05) is 19.6 Å². The average Bonchev–Trinajstić information content (AvgIpc) is 3.17. The van der Waals surface area contributed by atoms with E-state index in [1.165, 1.54) is 24.5 Å². The molecule has 2 atom stereocenters. The molecule has 0 aromatic heterocycles. The van der Waals surface area contributed by atoms with Crippen molar-refractivity contribution >= 4 is 0 Å². The van der Waals surface area contributed by atoms with E-state index in [4.69, 9.17) is 0 Å². The Bertz CT molecular complexity index is 775. The van der Waals surface area contributed by atoms with Crippen LogP contribution in [0.4, 0.5) is 13.2 Å². The van der Waals surface area contributed by atoms with Crippen LogP contribution in [0.25, 0.3) is 0 Å². The summed E-state index contributed by atoms with van der Waals surface area (Å²) in [6.07, 6.45) is -1.18. The molecule has 0 radical (unpaired) electrons. The average molecular weight is 390 g/mol. The molecule has 0 aliphatic carbocycles. The van der Waals surface area contributed by atoms with Gasteiger partial charge in [0.2, 0.25) is 0 Å². The zero-order valence-corrected chi connectivity index (χ0v) is 15.7. The first kappa shape index (κ1) is 19.3. The SMILES string of the molecule is FC(F)(F)Oc1ccccc1CN1C(CN2CCCC2)CC1c1ccccc1. The van der Waals surface area contributed by atoms with Gasteiger partial charge in [0.1, 0.15) is 5.75 Å². The molecule has 2 unspecified atom stereocenters. The molecule has 0 spiro atoms. The fraction of sp³-hybridized carbons (Fsp3) is 0.455. The standard InChI is InChI=1S/C22H25F3N2O/c23-22(24,25)28-21-11-5-4-10-18(21)15-27-19(16-26-12-6-7-13-26)14-20(27)17-8-2-1-3-9-17/h1-5,8-11,19-20H,6-7,12-16H2. The van der Waals surface area contributed by atoms with Crippen molar-refractivity contribution in [3.63, 3.8) is 0 Å². The Morgan fingerprint density at radius 3 is 2.32 bits per heavy atom. The van der Waals surface area contributed by atoms with Crippen molar-refractivity contribution in [3.05, 3.63) is 65.7 Å². The van der Waals surface area contributed by atoms with Gasteiger partial charge >= 0.3 is 6.36 Å². The predicted octanol–water partition coefficient (Wildman–Crippen LogP) is 5.00. The van der Waals surface area contributed by atoms with Crippen LogP contribution in [0.1, 0.15) is 36.4 Å².